The molecule has 0 radical (unpaired) electrons. The highest BCUT2D eigenvalue weighted by molar-refractivity contribution is 5.93. The minimum Gasteiger partial charge on any atom is -0.465 e. The summed E-state index contributed by atoms with van der Waals surface area (Å²) in [5.74, 6) is 1.000. The lowest BCUT2D eigenvalue weighted by molar-refractivity contribution is -0.141. The Kier molecular flexibility index (Phi) is 5.81. The molecule has 1 N–H and O–H groups in total. The Hall–Kier alpha value is -2.39. The Bertz CT molecular complexity index is 768. The lowest BCUT2D eigenvalue weighted by Crippen LogP contribution is -2.43. The first-order valence-electron chi connectivity index (χ1n) is 8.54. The second kappa shape index (κ2) is 8.10. The van der Waals surface area contributed by atoms with Crippen LogP contribution in [0.3, 0.4) is 0 Å². The molecule has 1 saturated heterocycles. The Morgan fingerprint density at radius 3 is 2.56 bits per heavy atom. The van der Waals surface area contributed by atoms with Crippen LogP contribution in [-0.4, -0.2) is 48.6 Å². The molecule has 146 valence electrons. The van der Waals surface area contributed by atoms with Crippen molar-refractivity contribution < 1.29 is 27.1 Å². The summed E-state index contributed by atoms with van der Waals surface area (Å²) in [6.45, 7) is 4.67. The van der Waals surface area contributed by atoms with Crippen LogP contribution in [0, 0.1) is 6.92 Å². The molecule has 0 saturated carbocycles. The largest absolute Gasteiger partial charge is 0.465 e. The van der Waals surface area contributed by atoms with Crippen LogP contribution in [0.25, 0.3) is 0 Å². The van der Waals surface area contributed by atoms with E-state index in [0.29, 0.717) is 26.3 Å². The van der Waals surface area contributed by atoms with Crippen LogP contribution in [0.2, 0.25) is 0 Å². The number of aromatic nitrogens is 1. The number of carbonyl (C=O) groups excluding carboxylic acids is 1. The van der Waals surface area contributed by atoms with E-state index in [1.165, 1.54) is 0 Å². The fourth-order valence-corrected chi connectivity index (χ4v) is 2.92. The van der Waals surface area contributed by atoms with Crippen molar-refractivity contribution in [2.75, 3.05) is 32.8 Å². The summed E-state index contributed by atoms with van der Waals surface area (Å²) in [5, 5.41) is 2.76. The third kappa shape index (κ3) is 4.86. The molecular weight excluding hydrogens is 363 g/mol. The quantitative estimate of drug-likeness (QED) is 0.860. The van der Waals surface area contributed by atoms with Gasteiger partial charge in [0, 0.05) is 25.8 Å². The summed E-state index contributed by atoms with van der Waals surface area (Å²) in [5.41, 5.74) is -0.962. The fourth-order valence-electron chi connectivity index (χ4n) is 2.92. The van der Waals surface area contributed by atoms with Crippen LogP contribution in [0.1, 0.15) is 33.6 Å². The van der Waals surface area contributed by atoms with E-state index in [1.54, 1.807) is 0 Å². The molecule has 3 rings (SSSR count). The van der Waals surface area contributed by atoms with Gasteiger partial charge in [0.2, 0.25) is 0 Å². The third-order valence-corrected chi connectivity index (χ3v) is 4.35. The van der Waals surface area contributed by atoms with Crippen molar-refractivity contribution in [3.05, 3.63) is 53.2 Å². The maximum Gasteiger partial charge on any atom is 0.433 e. The van der Waals surface area contributed by atoms with Crippen molar-refractivity contribution in [1.82, 2.24) is 15.2 Å². The Labute approximate surface area is 154 Å². The molecule has 1 atom stereocenters. The topological polar surface area (TPSA) is 67.6 Å². The highest BCUT2D eigenvalue weighted by Crippen LogP contribution is 2.27. The second-order valence-electron chi connectivity index (χ2n) is 6.25. The molecule has 1 amide bonds. The highest BCUT2D eigenvalue weighted by Gasteiger charge is 2.32. The summed E-state index contributed by atoms with van der Waals surface area (Å²) < 4.78 is 48.8. The van der Waals surface area contributed by atoms with E-state index in [0.717, 1.165) is 29.9 Å². The molecule has 0 spiro atoms. The number of morpholine rings is 1. The summed E-state index contributed by atoms with van der Waals surface area (Å²) in [4.78, 5) is 17.8. The number of carbonyl (C=O) groups is 1. The minimum atomic E-state index is -4.53. The lowest BCUT2D eigenvalue weighted by atomic mass is 10.1. The number of alkyl halides is 3. The molecule has 1 fully saturated rings. The van der Waals surface area contributed by atoms with Crippen molar-refractivity contribution in [3.63, 3.8) is 0 Å². The Morgan fingerprint density at radius 2 is 2.00 bits per heavy atom. The number of furan rings is 1. The molecule has 0 aliphatic carbocycles. The van der Waals surface area contributed by atoms with E-state index < -0.39 is 17.8 Å². The zero-order chi connectivity index (χ0) is 19.4. The number of pyridine rings is 1. The predicted molar refractivity (Wildman–Crippen MR) is 90.2 cm³/mol. The van der Waals surface area contributed by atoms with Crippen LogP contribution in [0.15, 0.2) is 34.9 Å². The van der Waals surface area contributed by atoms with Crippen LogP contribution >= 0.6 is 0 Å². The molecule has 9 heteroatoms. The van der Waals surface area contributed by atoms with Gasteiger partial charge < -0.3 is 14.5 Å². The average molecular weight is 383 g/mol. The zero-order valence-electron chi connectivity index (χ0n) is 14.8. The Balaban J connectivity index is 1.68. The van der Waals surface area contributed by atoms with Gasteiger partial charge in [0.25, 0.3) is 5.91 Å². The van der Waals surface area contributed by atoms with Crippen LogP contribution < -0.4 is 5.32 Å². The predicted octanol–water partition coefficient (Wildman–Crippen LogP) is 2.81. The number of rotatable bonds is 5. The number of nitrogens with one attached hydrogen (secondary N) is 1. The molecule has 3 heterocycles. The van der Waals surface area contributed by atoms with Gasteiger partial charge in [-0.05, 0) is 31.2 Å². The number of amides is 1. The first-order valence-corrected chi connectivity index (χ1v) is 8.54. The number of ether oxygens (including phenoxy) is 1. The molecule has 2 aromatic rings. The van der Waals surface area contributed by atoms with E-state index in [1.807, 2.05) is 19.1 Å². The van der Waals surface area contributed by atoms with E-state index in [4.69, 9.17) is 9.15 Å². The van der Waals surface area contributed by atoms with Gasteiger partial charge in [-0.1, -0.05) is 0 Å². The average Bonchev–Trinajstić information content (AvgIpc) is 3.08. The normalized spacial score (nSPS) is 16.9. The van der Waals surface area contributed by atoms with E-state index >= 15 is 0 Å². The first-order chi connectivity index (χ1) is 12.8. The number of hydrogen-bond donors (Lipinski definition) is 1. The van der Waals surface area contributed by atoms with E-state index in [-0.39, 0.29) is 18.2 Å². The molecule has 1 aliphatic rings. The van der Waals surface area contributed by atoms with Gasteiger partial charge in [-0.2, -0.15) is 13.2 Å². The maximum atomic E-state index is 12.6. The minimum absolute atomic E-state index is 0.0688. The van der Waals surface area contributed by atoms with Gasteiger partial charge in [-0.15, -0.1) is 0 Å². The van der Waals surface area contributed by atoms with Crippen molar-refractivity contribution in [2.45, 2.75) is 19.1 Å². The highest BCUT2D eigenvalue weighted by atomic mass is 19.4. The molecule has 0 aromatic carbocycles. The van der Waals surface area contributed by atoms with Gasteiger partial charge in [-0.25, -0.2) is 0 Å². The summed E-state index contributed by atoms with van der Waals surface area (Å²) in [6.07, 6.45) is -3.60. The lowest BCUT2D eigenvalue weighted by Gasteiger charge is -2.33. The fraction of sp³-hybridized carbons (Fsp3) is 0.444. The number of halogens is 3. The van der Waals surface area contributed by atoms with Gasteiger partial charge in [0.05, 0.1) is 24.8 Å². The molecule has 1 aliphatic heterocycles. The Morgan fingerprint density at radius 1 is 1.26 bits per heavy atom. The van der Waals surface area contributed by atoms with E-state index in [9.17, 15) is 18.0 Å². The van der Waals surface area contributed by atoms with Gasteiger partial charge in [-0.3, -0.25) is 14.7 Å². The zero-order valence-corrected chi connectivity index (χ0v) is 14.8. The van der Waals surface area contributed by atoms with Gasteiger partial charge >= 0.3 is 6.18 Å². The molecule has 0 bridgehead atoms. The summed E-state index contributed by atoms with van der Waals surface area (Å²) >= 11 is 0. The SMILES string of the molecule is Cc1ccc(C(CNC(=O)c2ccc(C(F)(F)F)nc2)N2CCOCC2)o1. The molecule has 2 aromatic heterocycles. The van der Waals surface area contributed by atoms with Crippen LogP contribution in [-0.2, 0) is 10.9 Å². The van der Waals surface area contributed by atoms with Crippen molar-refractivity contribution in [1.29, 1.82) is 0 Å². The first kappa shape index (κ1) is 19.4. The standard InChI is InChI=1S/C18H20F3N3O3/c1-12-2-4-15(27-12)14(24-6-8-26-9-7-24)11-23-17(25)13-3-5-16(22-10-13)18(19,20)21/h2-5,10,14H,6-9,11H2,1H3,(H,23,25). The van der Waals surface area contributed by atoms with Crippen molar-refractivity contribution in [3.8, 4) is 0 Å². The smallest absolute Gasteiger partial charge is 0.433 e. The van der Waals surface area contributed by atoms with Crippen molar-refractivity contribution in [2.24, 2.45) is 0 Å². The van der Waals surface area contributed by atoms with Gasteiger partial charge in [0.15, 0.2) is 0 Å². The number of hydrogen-bond acceptors (Lipinski definition) is 5. The monoisotopic (exact) mass is 383 g/mol. The van der Waals surface area contributed by atoms with Gasteiger partial charge in [0.1, 0.15) is 17.2 Å². The number of nitrogens with zero attached hydrogens (tertiary/aromatic N) is 2. The molecular formula is C18H20F3N3O3. The van der Waals surface area contributed by atoms with Crippen LogP contribution in [0.5, 0.6) is 0 Å². The maximum absolute atomic E-state index is 12.6. The third-order valence-electron chi connectivity index (χ3n) is 4.35. The van der Waals surface area contributed by atoms with Crippen molar-refractivity contribution >= 4 is 5.91 Å². The molecule has 6 nitrogen and oxygen atoms in total. The number of aryl methyl sites for hydroxylation is 1. The molecule has 1 unspecified atom stereocenters. The second-order valence-corrected chi connectivity index (χ2v) is 6.25. The summed E-state index contributed by atoms with van der Waals surface area (Å²) in [7, 11) is 0. The summed E-state index contributed by atoms with van der Waals surface area (Å²) in [6, 6.07) is 5.44. The van der Waals surface area contributed by atoms with Crippen LogP contribution in [0.4, 0.5) is 13.2 Å². The van der Waals surface area contributed by atoms with E-state index in [2.05, 4.69) is 15.2 Å². The molecule has 27 heavy (non-hydrogen) atoms.